The van der Waals surface area contributed by atoms with E-state index in [1.165, 1.54) is 11.1 Å². The van der Waals surface area contributed by atoms with Gasteiger partial charge in [-0.25, -0.2) is 0 Å². The van der Waals surface area contributed by atoms with Gasteiger partial charge in [0.1, 0.15) is 17.3 Å². The van der Waals surface area contributed by atoms with Crippen molar-refractivity contribution >= 4 is 5.84 Å². The number of amidine groups is 1. The van der Waals surface area contributed by atoms with Crippen LogP contribution in [0.1, 0.15) is 42.0 Å². The van der Waals surface area contributed by atoms with Gasteiger partial charge in [0, 0.05) is 0 Å². The van der Waals surface area contributed by atoms with Crippen molar-refractivity contribution in [1.82, 2.24) is 0 Å². The van der Waals surface area contributed by atoms with Crippen molar-refractivity contribution in [2.24, 2.45) is 5.73 Å². The van der Waals surface area contributed by atoms with Crippen LogP contribution < -0.4 is 10.5 Å². The molecule has 0 atom stereocenters. The van der Waals surface area contributed by atoms with Gasteiger partial charge in [-0.2, -0.15) is 0 Å². The molecule has 0 aromatic heterocycles. The summed E-state index contributed by atoms with van der Waals surface area (Å²) in [7, 11) is 0. The fourth-order valence-corrected chi connectivity index (χ4v) is 2.48. The van der Waals surface area contributed by atoms with Crippen molar-refractivity contribution in [1.29, 1.82) is 5.41 Å². The highest BCUT2D eigenvalue weighted by Gasteiger charge is 2.11. The van der Waals surface area contributed by atoms with Crippen LogP contribution in [0.2, 0.25) is 0 Å². The first-order valence-corrected chi connectivity index (χ1v) is 7.12. The Balaban J connectivity index is 2.39. The van der Waals surface area contributed by atoms with Crippen molar-refractivity contribution in [2.45, 2.75) is 33.6 Å². The summed E-state index contributed by atoms with van der Waals surface area (Å²) >= 11 is 0. The summed E-state index contributed by atoms with van der Waals surface area (Å²) in [6, 6.07) is 11.7. The van der Waals surface area contributed by atoms with Crippen LogP contribution in [0, 0.1) is 19.3 Å². The van der Waals surface area contributed by atoms with E-state index < -0.39 is 0 Å². The average Bonchev–Trinajstić information content (AvgIpc) is 2.40. The smallest absolute Gasteiger partial charge is 0.141 e. The molecule has 0 radical (unpaired) electrons. The van der Waals surface area contributed by atoms with Crippen molar-refractivity contribution in [3.8, 4) is 11.5 Å². The number of hydrogen-bond donors (Lipinski definition) is 2. The number of ether oxygens (including phenoxy) is 1. The second-order valence-electron chi connectivity index (χ2n) is 5.64. The molecule has 0 aliphatic carbocycles. The SMILES string of the molecule is Cc1cc(Oc2c(C)cccc2C(=N)N)ccc1C(C)C. The normalized spacial score (nSPS) is 10.7. The lowest BCUT2D eigenvalue weighted by atomic mass is 9.98. The second-order valence-corrected chi connectivity index (χ2v) is 5.64. The lowest BCUT2D eigenvalue weighted by molar-refractivity contribution is 0.477. The van der Waals surface area contributed by atoms with Crippen LogP contribution >= 0.6 is 0 Å². The molecule has 0 amide bonds. The predicted octanol–water partition coefficient (Wildman–Crippen LogP) is 4.50. The van der Waals surface area contributed by atoms with Gasteiger partial charge in [-0.1, -0.05) is 32.0 Å². The molecule has 0 unspecified atom stereocenters. The Morgan fingerprint density at radius 3 is 2.38 bits per heavy atom. The first kappa shape index (κ1) is 15.1. The molecule has 0 heterocycles. The molecule has 0 aliphatic rings. The van der Waals surface area contributed by atoms with E-state index in [0.717, 1.165) is 11.3 Å². The van der Waals surface area contributed by atoms with Crippen molar-refractivity contribution < 1.29 is 4.74 Å². The molecule has 21 heavy (non-hydrogen) atoms. The molecule has 0 saturated carbocycles. The minimum absolute atomic E-state index is 0.0178. The summed E-state index contributed by atoms with van der Waals surface area (Å²) in [6.07, 6.45) is 0. The highest BCUT2D eigenvalue weighted by atomic mass is 16.5. The van der Waals surface area contributed by atoms with Gasteiger partial charge in [-0.05, 0) is 54.7 Å². The van der Waals surface area contributed by atoms with Crippen molar-refractivity contribution in [2.75, 3.05) is 0 Å². The molecule has 3 N–H and O–H groups in total. The van der Waals surface area contributed by atoms with Crippen LogP contribution in [0.4, 0.5) is 0 Å². The van der Waals surface area contributed by atoms with Crippen LogP contribution in [0.5, 0.6) is 11.5 Å². The number of nitrogens with one attached hydrogen (secondary N) is 1. The summed E-state index contributed by atoms with van der Waals surface area (Å²) < 4.78 is 6.00. The summed E-state index contributed by atoms with van der Waals surface area (Å²) in [5.41, 5.74) is 9.75. The monoisotopic (exact) mass is 282 g/mol. The lowest BCUT2D eigenvalue weighted by Crippen LogP contribution is -2.12. The van der Waals surface area contributed by atoms with Gasteiger partial charge >= 0.3 is 0 Å². The van der Waals surface area contributed by atoms with Gasteiger partial charge in [0.15, 0.2) is 0 Å². The Kier molecular flexibility index (Phi) is 4.32. The molecule has 0 aliphatic heterocycles. The van der Waals surface area contributed by atoms with Crippen molar-refractivity contribution in [3.63, 3.8) is 0 Å². The average molecular weight is 282 g/mol. The number of rotatable bonds is 4. The van der Waals surface area contributed by atoms with E-state index in [4.69, 9.17) is 15.9 Å². The number of aryl methyl sites for hydroxylation is 2. The minimum Gasteiger partial charge on any atom is -0.456 e. The molecular weight excluding hydrogens is 260 g/mol. The lowest BCUT2D eigenvalue weighted by Gasteiger charge is -2.15. The summed E-state index contributed by atoms with van der Waals surface area (Å²) in [5.74, 6) is 1.94. The molecule has 2 aromatic rings. The van der Waals surface area contributed by atoms with Gasteiger partial charge in [0.25, 0.3) is 0 Å². The maximum absolute atomic E-state index is 7.67. The molecule has 3 heteroatoms. The van der Waals surface area contributed by atoms with E-state index in [1.54, 1.807) is 6.07 Å². The van der Waals surface area contributed by atoms with E-state index in [2.05, 4.69) is 26.8 Å². The molecule has 2 rings (SSSR count). The molecular formula is C18H22N2O. The Hall–Kier alpha value is -2.29. The van der Waals surface area contributed by atoms with E-state index in [1.807, 2.05) is 31.2 Å². The van der Waals surface area contributed by atoms with Gasteiger partial charge in [-0.3, -0.25) is 5.41 Å². The molecule has 0 bridgehead atoms. The van der Waals surface area contributed by atoms with E-state index in [0.29, 0.717) is 17.2 Å². The van der Waals surface area contributed by atoms with Crippen LogP contribution in [-0.2, 0) is 0 Å². The minimum atomic E-state index is 0.0178. The second kappa shape index (κ2) is 6.00. The number of nitrogens with two attached hydrogens (primary N) is 1. The molecule has 0 spiro atoms. The molecule has 0 saturated heterocycles. The van der Waals surface area contributed by atoms with Gasteiger partial charge in [0.2, 0.25) is 0 Å². The third-order valence-corrected chi connectivity index (χ3v) is 3.59. The van der Waals surface area contributed by atoms with Crippen LogP contribution in [0.3, 0.4) is 0 Å². The third-order valence-electron chi connectivity index (χ3n) is 3.59. The van der Waals surface area contributed by atoms with Gasteiger partial charge in [0.05, 0.1) is 5.56 Å². The number of para-hydroxylation sites is 1. The molecule has 110 valence electrons. The first-order chi connectivity index (χ1) is 9.90. The standard InChI is InChI=1S/C18H22N2O/c1-11(2)15-9-8-14(10-13(15)4)21-17-12(3)6-5-7-16(17)18(19)20/h5-11H,1-4H3,(H3,19,20). The van der Waals surface area contributed by atoms with Gasteiger partial charge in [-0.15, -0.1) is 0 Å². The number of nitrogen functional groups attached to an aromatic ring is 1. The highest BCUT2D eigenvalue weighted by molar-refractivity contribution is 5.98. The fourth-order valence-electron chi connectivity index (χ4n) is 2.48. The zero-order chi connectivity index (χ0) is 15.6. The van der Waals surface area contributed by atoms with Crippen LogP contribution in [0.25, 0.3) is 0 Å². The topological polar surface area (TPSA) is 59.1 Å². The van der Waals surface area contributed by atoms with Crippen LogP contribution in [0.15, 0.2) is 36.4 Å². The molecule has 3 nitrogen and oxygen atoms in total. The highest BCUT2D eigenvalue weighted by Crippen LogP contribution is 2.31. The Morgan fingerprint density at radius 2 is 1.81 bits per heavy atom. The third kappa shape index (κ3) is 3.24. The summed E-state index contributed by atoms with van der Waals surface area (Å²) in [4.78, 5) is 0. The Morgan fingerprint density at radius 1 is 1.10 bits per heavy atom. The maximum Gasteiger partial charge on any atom is 0.141 e. The van der Waals surface area contributed by atoms with Crippen molar-refractivity contribution in [3.05, 3.63) is 58.7 Å². The first-order valence-electron chi connectivity index (χ1n) is 7.12. The Labute approximate surface area is 126 Å². The van der Waals surface area contributed by atoms with E-state index in [9.17, 15) is 0 Å². The zero-order valence-electron chi connectivity index (χ0n) is 13.0. The predicted molar refractivity (Wildman–Crippen MR) is 87.5 cm³/mol. The summed E-state index contributed by atoms with van der Waals surface area (Å²) in [6.45, 7) is 8.40. The van der Waals surface area contributed by atoms with E-state index >= 15 is 0 Å². The summed E-state index contributed by atoms with van der Waals surface area (Å²) in [5, 5.41) is 7.67. The largest absolute Gasteiger partial charge is 0.456 e. The van der Waals surface area contributed by atoms with E-state index in [-0.39, 0.29) is 5.84 Å². The Bertz CT molecular complexity index is 675. The van der Waals surface area contributed by atoms with Crippen LogP contribution in [-0.4, -0.2) is 5.84 Å². The number of hydrogen-bond acceptors (Lipinski definition) is 2. The maximum atomic E-state index is 7.67. The quantitative estimate of drug-likeness (QED) is 0.640. The molecule has 0 fully saturated rings. The number of benzene rings is 2. The molecule has 2 aromatic carbocycles. The fraction of sp³-hybridized carbons (Fsp3) is 0.278. The van der Waals surface area contributed by atoms with Gasteiger partial charge < -0.3 is 10.5 Å². The zero-order valence-corrected chi connectivity index (χ0v) is 13.0.